The number of hydrogen-bond acceptors (Lipinski definition) is 4. The molecule has 1 atom stereocenters. The van der Waals surface area contributed by atoms with Crippen LogP contribution >= 0.6 is 11.8 Å². The van der Waals surface area contributed by atoms with Crippen LogP contribution in [-0.2, 0) is 9.53 Å². The predicted octanol–water partition coefficient (Wildman–Crippen LogP) is 2.95. The molecule has 1 aromatic rings. The van der Waals surface area contributed by atoms with Crippen LogP contribution in [0.4, 0.5) is 14.5 Å². The van der Waals surface area contributed by atoms with Crippen molar-refractivity contribution in [2.75, 3.05) is 25.6 Å². The minimum absolute atomic E-state index is 0.178. The van der Waals surface area contributed by atoms with Crippen molar-refractivity contribution < 1.29 is 18.3 Å². The quantitative estimate of drug-likeness (QED) is 0.543. The molecule has 0 aromatic heterocycles. The lowest BCUT2D eigenvalue weighted by atomic mass is 10.2. The first-order chi connectivity index (χ1) is 10.0. The number of rotatable bonds is 9. The normalized spacial score (nSPS) is 12.2. The number of para-hydroxylation sites is 1. The summed E-state index contributed by atoms with van der Waals surface area (Å²) in [4.78, 5) is 12.3. The molecule has 118 valence electrons. The van der Waals surface area contributed by atoms with E-state index < -0.39 is 11.8 Å². The Bertz CT molecular complexity index is 447. The molecule has 1 amide bonds. The van der Waals surface area contributed by atoms with Crippen LogP contribution in [0.5, 0.6) is 0 Å². The fourth-order valence-electron chi connectivity index (χ4n) is 1.66. The Morgan fingerprint density at radius 1 is 1.38 bits per heavy atom. The van der Waals surface area contributed by atoms with Crippen LogP contribution in [0.1, 0.15) is 13.3 Å². The Labute approximate surface area is 127 Å². The predicted molar refractivity (Wildman–Crippen MR) is 80.9 cm³/mol. The van der Waals surface area contributed by atoms with E-state index in [1.54, 1.807) is 38.3 Å². The van der Waals surface area contributed by atoms with Gasteiger partial charge in [0.25, 0.3) is 5.76 Å². The summed E-state index contributed by atoms with van der Waals surface area (Å²) in [6, 6.07) is 6.20. The smallest absolute Gasteiger partial charge is 0.288 e. The first-order valence-electron chi connectivity index (χ1n) is 6.61. The van der Waals surface area contributed by atoms with Crippen LogP contribution in [-0.4, -0.2) is 38.0 Å². The molecule has 0 aliphatic carbocycles. The van der Waals surface area contributed by atoms with E-state index in [0.29, 0.717) is 35.5 Å². The number of halogens is 2. The summed E-state index contributed by atoms with van der Waals surface area (Å²) in [6.07, 6.45) is 0.729. The summed E-state index contributed by atoms with van der Waals surface area (Å²) in [7, 11) is 1.60. The van der Waals surface area contributed by atoms with Crippen molar-refractivity contribution in [1.29, 1.82) is 0 Å². The maximum Gasteiger partial charge on any atom is 0.288 e. The zero-order valence-electron chi connectivity index (χ0n) is 12.1. The van der Waals surface area contributed by atoms with Crippen molar-refractivity contribution in [3.8, 4) is 0 Å². The standard InChI is InChI=1S/C14H20F2N2O2S/c1-10(13(19)17-8-5-9-20-2)18-11-6-3-4-7-12(11)21-14(15)16/h3-4,6-7,10,14,18H,5,8-9H2,1-2H3,(H,17,19). The molecule has 1 unspecified atom stereocenters. The second-order valence-corrected chi connectivity index (χ2v) is 5.41. The molecule has 1 rings (SSSR count). The third-order valence-electron chi connectivity index (χ3n) is 2.69. The van der Waals surface area contributed by atoms with Gasteiger partial charge in [-0.1, -0.05) is 23.9 Å². The van der Waals surface area contributed by atoms with Gasteiger partial charge in [-0.05, 0) is 25.5 Å². The molecular formula is C14H20F2N2O2S. The lowest BCUT2D eigenvalue weighted by molar-refractivity contribution is -0.121. The molecule has 2 N–H and O–H groups in total. The second-order valence-electron chi connectivity index (χ2n) is 4.38. The van der Waals surface area contributed by atoms with Crippen LogP contribution < -0.4 is 10.6 Å². The van der Waals surface area contributed by atoms with Crippen LogP contribution in [0.3, 0.4) is 0 Å². The van der Waals surface area contributed by atoms with E-state index in [4.69, 9.17) is 4.74 Å². The SMILES string of the molecule is COCCCNC(=O)C(C)Nc1ccccc1SC(F)F. The van der Waals surface area contributed by atoms with E-state index in [-0.39, 0.29) is 5.91 Å². The number of amides is 1. The molecule has 7 heteroatoms. The summed E-state index contributed by atoms with van der Waals surface area (Å²) in [6.45, 7) is 2.79. The van der Waals surface area contributed by atoms with Crippen molar-refractivity contribution in [3.63, 3.8) is 0 Å². The van der Waals surface area contributed by atoms with Gasteiger partial charge in [-0.15, -0.1) is 0 Å². The highest BCUT2D eigenvalue weighted by Crippen LogP contribution is 2.31. The van der Waals surface area contributed by atoms with Gasteiger partial charge in [0.1, 0.15) is 6.04 Å². The van der Waals surface area contributed by atoms with Gasteiger partial charge >= 0.3 is 0 Å². The molecule has 4 nitrogen and oxygen atoms in total. The van der Waals surface area contributed by atoms with Crippen LogP contribution in [0.2, 0.25) is 0 Å². The minimum atomic E-state index is -2.49. The number of nitrogens with one attached hydrogen (secondary N) is 2. The average Bonchev–Trinajstić information content (AvgIpc) is 2.45. The number of benzene rings is 1. The van der Waals surface area contributed by atoms with Crippen molar-refractivity contribution in [3.05, 3.63) is 24.3 Å². The lowest BCUT2D eigenvalue weighted by Crippen LogP contribution is -2.38. The van der Waals surface area contributed by atoms with E-state index in [1.165, 1.54) is 0 Å². The van der Waals surface area contributed by atoms with E-state index >= 15 is 0 Å². The third-order valence-corrected chi connectivity index (χ3v) is 3.48. The number of alkyl halides is 2. The summed E-state index contributed by atoms with van der Waals surface area (Å²) in [5, 5.41) is 5.72. The van der Waals surface area contributed by atoms with Gasteiger partial charge in [0, 0.05) is 30.8 Å². The van der Waals surface area contributed by atoms with Crippen LogP contribution in [0.15, 0.2) is 29.2 Å². The zero-order valence-corrected chi connectivity index (χ0v) is 12.9. The van der Waals surface area contributed by atoms with Crippen molar-refractivity contribution in [1.82, 2.24) is 5.32 Å². The van der Waals surface area contributed by atoms with E-state index in [1.807, 2.05) is 0 Å². The molecule has 21 heavy (non-hydrogen) atoms. The van der Waals surface area contributed by atoms with Crippen molar-refractivity contribution in [2.45, 2.75) is 30.0 Å². The number of hydrogen-bond donors (Lipinski definition) is 2. The molecule has 0 bridgehead atoms. The fraction of sp³-hybridized carbons (Fsp3) is 0.500. The molecule has 0 radical (unpaired) electrons. The largest absolute Gasteiger partial charge is 0.385 e. The van der Waals surface area contributed by atoms with E-state index in [9.17, 15) is 13.6 Å². The Balaban J connectivity index is 2.53. The van der Waals surface area contributed by atoms with E-state index in [0.717, 1.165) is 6.42 Å². The molecule has 0 fully saturated rings. The Hall–Kier alpha value is -1.34. The van der Waals surface area contributed by atoms with Gasteiger partial charge in [0.05, 0.1) is 0 Å². The summed E-state index contributed by atoms with van der Waals surface area (Å²) < 4.78 is 29.9. The van der Waals surface area contributed by atoms with Crippen molar-refractivity contribution >= 4 is 23.4 Å². The highest BCUT2D eigenvalue weighted by Gasteiger charge is 2.15. The van der Waals surface area contributed by atoms with Crippen molar-refractivity contribution in [2.24, 2.45) is 0 Å². The Morgan fingerprint density at radius 3 is 2.76 bits per heavy atom. The number of carbonyl (C=O) groups excluding carboxylic acids is 1. The number of anilines is 1. The minimum Gasteiger partial charge on any atom is -0.385 e. The van der Waals surface area contributed by atoms with Gasteiger partial charge < -0.3 is 15.4 Å². The van der Waals surface area contributed by atoms with E-state index in [2.05, 4.69) is 10.6 Å². The fourth-order valence-corrected chi connectivity index (χ4v) is 2.27. The van der Waals surface area contributed by atoms with Gasteiger partial charge in [-0.25, -0.2) is 0 Å². The Morgan fingerprint density at radius 2 is 2.10 bits per heavy atom. The highest BCUT2D eigenvalue weighted by molar-refractivity contribution is 7.99. The average molecular weight is 318 g/mol. The Kier molecular flexibility index (Phi) is 8.07. The number of ether oxygens (including phenoxy) is 1. The molecule has 0 aliphatic rings. The lowest BCUT2D eigenvalue weighted by Gasteiger charge is -2.17. The van der Waals surface area contributed by atoms with Gasteiger partial charge in [-0.3, -0.25) is 4.79 Å². The summed E-state index contributed by atoms with van der Waals surface area (Å²) >= 11 is 0.459. The molecule has 0 saturated carbocycles. The highest BCUT2D eigenvalue weighted by atomic mass is 32.2. The molecule has 1 aromatic carbocycles. The molecule has 0 aliphatic heterocycles. The first-order valence-corrected chi connectivity index (χ1v) is 7.49. The zero-order chi connectivity index (χ0) is 15.7. The number of carbonyl (C=O) groups is 1. The second kappa shape index (κ2) is 9.57. The van der Waals surface area contributed by atoms with Crippen LogP contribution in [0.25, 0.3) is 0 Å². The number of thioether (sulfide) groups is 1. The molecule has 0 heterocycles. The summed E-state index contributed by atoms with van der Waals surface area (Å²) in [5.74, 6) is -2.67. The van der Waals surface area contributed by atoms with Gasteiger partial charge in [-0.2, -0.15) is 8.78 Å². The summed E-state index contributed by atoms with van der Waals surface area (Å²) in [5.41, 5.74) is 0.530. The van der Waals surface area contributed by atoms with Gasteiger partial charge in [0.2, 0.25) is 5.91 Å². The van der Waals surface area contributed by atoms with Gasteiger partial charge in [0.15, 0.2) is 0 Å². The number of methoxy groups -OCH3 is 1. The molecule has 0 saturated heterocycles. The maximum absolute atomic E-state index is 12.5. The molecular weight excluding hydrogens is 298 g/mol. The monoisotopic (exact) mass is 318 g/mol. The van der Waals surface area contributed by atoms with Crippen LogP contribution in [0, 0.1) is 0 Å². The molecule has 0 spiro atoms. The first kappa shape index (κ1) is 17.7. The maximum atomic E-state index is 12.5. The topological polar surface area (TPSA) is 50.4 Å². The third kappa shape index (κ3) is 6.77.